The summed E-state index contributed by atoms with van der Waals surface area (Å²) in [6.45, 7) is 16.0. The van der Waals surface area contributed by atoms with Crippen LogP contribution in [-0.2, 0) is 6.54 Å². The Labute approximate surface area is 175 Å². The van der Waals surface area contributed by atoms with Crippen LogP contribution in [0.25, 0.3) is 0 Å². The molecule has 0 radical (unpaired) electrons. The second-order valence-electron chi connectivity index (χ2n) is 6.59. The summed E-state index contributed by atoms with van der Waals surface area (Å²) < 4.78 is 1.96. The zero-order chi connectivity index (χ0) is 17.9. The van der Waals surface area contributed by atoms with Crippen LogP contribution >= 0.6 is 24.0 Å². The smallest absolute Gasteiger partial charge is 0.191 e. The van der Waals surface area contributed by atoms with Crippen LogP contribution < -0.4 is 10.6 Å². The normalized spacial score (nSPS) is 17.6. The number of aliphatic imine (C=N–C) groups is 1. The summed E-state index contributed by atoms with van der Waals surface area (Å²) in [7, 11) is 0. The van der Waals surface area contributed by atoms with Gasteiger partial charge in [0.1, 0.15) is 0 Å². The van der Waals surface area contributed by atoms with E-state index in [4.69, 9.17) is 4.99 Å². The number of hydrogen-bond acceptors (Lipinski definition) is 4. The Kier molecular flexibility index (Phi) is 11.9. The van der Waals surface area contributed by atoms with Gasteiger partial charge >= 0.3 is 0 Å². The van der Waals surface area contributed by atoms with E-state index in [1.807, 2.05) is 23.1 Å². The molecule has 0 saturated carbocycles. The Bertz CT molecular complexity index is 484. The maximum Gasteiger partial charge on any atom is 0.191 e. The molecule has 26 heavy (non-hydrogen) atoms. The predicted molar refractivity (Wildman–Crippen MR) is 119 cm³/mol. The van der Waals surface area contributed by atoms with E-state index in [9.17, 15) is 0 Å². The predicted octanol–water partition coefficient (Wildman–Crippen LogP) is 1.47. The number of aryl methyl sites for hydroxylation is 1. The molecule has 0 aliphatic carbocycles. The van der Waals surface area contributed by atoms with Crippen molar-refractivity contribution in [3.63, 3.8) is 0 Å². The molecule has 1 atom stereocenters. The topological polar surface area (TPSA) is 60.7 Å². The van der Waals surface area contributed by atoms with Crippen molar-refractivity contribution < 1.29 is 0 Å². The molecule has 2 heterocycles. The average Bonchev–Trinajstić information content (AvgIpc) is 3.16. The minimum atomic E-state index is 0. The maximum atomic E-state index is 4.78. The molecule has 0 aromatic carbocycles. The van der Waals surface area contributed by atoms with Gasteiger partial charge in [-0.2, -0.15) is 5.10 Å². The van der Waals surface area contributed by atoms with Gasteiger partial charge in [-0.25, -0.2) is 0 Å². The lowest BCUT2D eigenvalue weighted by Gasteiger charge is -2.37. The first-order valence-electron chi connectivity index (χ1n) is 9.69. The van der Waals surface area contributed by atoms with E-state index < -0.39 is 0 Å². The molecule has 1 aromatic heterocycles. The molecule has 8 heteroatoms. The molecule has 1 fully saturated rings. The quantitative estimate of drug-likeness (QED) is 0.244. The molecule has 0 bridgehead atoms. The fraction of sp³-hybridized carbons (Fsp3) is 0.778. The van der Waals surface area contributed by atoms with Crippen molar-refractivity contribution in [2.24, 2.45) is 4.99 Å². The van der Waals surface area contributed by atoms with Crippen LogP contribution in [0.15, 0.2) is 23.5 Å². The number of rotatable bonds is 9. The first-order valence-corrected chi connectivity index (χ1v) is 9.69. The van der Waals surface area contributed by atoms with Gasteiger partial charge in [-0.1, -0.05) is 6.92 Å². The lowest BCUT2D eigenvalue weighted by atomic mass is 10.2. The molecule has 7 nitrogen and oxygen atoms in total. The van der Waals surface area contributed by atoms with Gasteiger partial charge in [0.2, 0.25) is 0 Å². The maximum absolute atomic E-state index is 4.78. The van der Waals surface area contributed by atoms with Crippen molar-refractivity contribution in [1.29, 1.82) is 0 Å². The molecule has 1 unspecified atom stereocenters. The number of halogens is 1. The molecule has 1 aliphatic rings. The number of guanidine groups is 1. The lowest BCUT2D eigenvalue weighted by molar-refractivity contribution is 0.109. The second kappa shape index (κ2) is 13.3. The van der Waals surface area contributed by atoms with Crippen LogP contribution in [0.1, 0.15) is 27.2 Å². The third kappa shape index (κ3) is 8.22. The van der Waals surface area contributed by atoms with E-state index in [0.29, 0.717) is 6.04 Å². The van der Waals surface area contributed by atoms with Crippen LogP contribution in [0.5, 0.6) is 0 Å². The Morgan fingerprint density at radius 1 is 1.19 bits per heavy atom. The van der Waals surface area contributed by atoms with Gasteiger partial charge in [0.15, 0.2) is 5.96 Å². The van der Waals surface area contributed by atoms with Crippen molar-refractivity contribution in [3.8, 4) is 0 Å². The highest BCUT2D eigenvalue weighted by Crippen LogP contribution is 2.06. The summed E-state index contributed by atoms with van der Waals surface area (Å²) in [5, 5.41) is 11.0. The molecular formula is C18H36IN7. The van der Waals surface area contributed by atoms with E-state index in [1.165, 1.54) is 13.1 Å². The van der Waals surface area contributed by atoms with Gasteiger partial charge < -0.3 is 15.5 Å². The van der Waals surface area contributed by atoms with Crippen LogP contribution in [0.4, 0.5) is 0 Å². The molecule has 1 aliphatic heterocycles. The van der Waals surface area contributed by atoms with Crippen LogP contribution in [0.2, 0.25) is 0 Å². The Morgan fingerprint density at radius 2 is 1.96 bits per heavy atom. The highest BCUT2D eigenvalue weighted by molar-refractivity contribution is 14.0. The van der Waals surface area contributed by atoms with Crippen LogP contribution in [0.3, 0.4) is 0 Å². The zero-order valence-corrected chi connectivity index (χ0v) is 18.9. The van der Waals surface area contributed by atoms with Gasteiger partial charge in [-0.3, -0.25) is 14.6 Å². The summed E-state index contributed by atoms with van der Waals surface area (Å²) in [4.78, 5) is 9.84. The monoisotopic (exact) mass is 477 g/mol. The fourth-order valence-electron chi connectivity index (χ4n) is 3.08. The minimum Gasteiger partial charge on any atom is -0.357 e. The first kappa shape index (κ1) is 23.2. The highest BCUT2D eigenvalue weighted by Gasteiger charge is 2.19. The Balaban J connectivity index is 0.00000338. The molecule has 0 spiro atoms. The second-order valence-corrected chi connectivity index (χ2v) is 6.59. The fourth-order valence-corrected chi connectivity index (χ4v) is 3.08. The number of hydrogen-bond donors (Lipinski definition) is 2. The van der Waals surface area contributed by atoms with Crippen LogP contribution in [0, 0.1) is 0 Å². The lowest BCUT2D eigenvalue weighted by Crippen LogP contribution is -2.50. The van der Waals surface area contributed by atoms with Gasteiger partial charge in [0, 0.05) is 64.2 Å². The highest BCUT2D eigenvalue weighted by atomic mass is 127. The summed E-state index contributed by atoms with van der Waals surface area (Å²) >= 11 is 0. The molecule has 2 rings (SSSR count). The van der Waals surface area contributed by atoms with Crippen molar-refractivity contribution >= 4 is 29.9 Å². The Morgan fingerprint density at radius 3 is 2.58 bits per heavy atom. The summed E-state index contributed by atoms with van der Waals surface area (Å²) in [5.74, 6) is 0.919. The standard InChI is InChI=1S/C18H35N7.HI/c1-4-19-18(20-8-6-10-25-11-7-9-22-25)21-16-17(3)24-14-12-23(5-2)13-15-24;/h7,9,11,17H,4-6,8,10,12-16H2,1-3H3,(H2,19,20,21);1H. The molecule has 2 N–H and O–H groups in total. The van der Waals surface area contributed by atoms with Gasteiger partial charge in [-0.15, -0.1) is 24.0 Å². The van der Waals surface area contributed by atoms with Gasteiger partial charge in [0.05, 0.1) is 6.54 Å². The van der Waals surface area contributed by atoms with Gasteiger partial charge in [-0.05, 0) is 32.9 Å². The van der Waals surface area contributed by atoms with Crippen molar-refractivity contribution in [2.75, 3.05) is 52.4 Å². The zero-order valence-electron chi connectivity index (χ0n) is 16.5. The third-order valence-electron chi connectivity index (χ3n) is 4.75. The largest absolute Gasteiger partial charge is 0.357 e. The van der Waals surface area contributed by atoms with E-state index in [-0.39, 0.29) is 24.0 Å². The third-order valence-corrected chi connectivity index (χ3v) is 4.75. The number of nitrogens with one attached hydrogen (secondary N) is 2. The molecular weight excluding hydrogens is 441 g/mol. The van der Waals surface area contributed by atoms with Crippen LogP contribution in [-0.4, -0.2) is 83.9 Å². The van der Waals surface area contributed by atoms with Gasteiger partial charge in [0.25, 0.3) is 0 Å². The SMILES string of the molecule is CCNC(=NCC(C)N1CCN(CC)CC1)NCCCn1cccn1.I. The first-order chi connectivity index (χ1) is 12.2. The summed E-state index contributed by atoms with van der Waals surface area (Å²) in [5.41, 5.74) is 0. The molecule has 150 valence electrons. The van der Waals surface area contributed by atoms with Crippen molar-refractivity contribution in [1.82, 2.24) is 30.2 Å². The number of piperazine rings is 1. The number of likely N-dealkylation sites (N-methyl/N-ethyl adjacent to an activating group) is 1. The van der Waals surface area contributed by atoms with Crippen molar-refractivity contribution in [3.05, 3.63) is 18.5 Å². The van der Waals surface area contributed by atoms with E-state index in [2.05, 4.69) is 46.3 Å². The summed E-state index contributed by atoms with van der Waals surface area (Å²) in [6, 6.07) is 2.44. The molecule has 0 amide bonds. The van der Waals surface area contributed by atoms with E-state index in [1.54, 1.807) is 0 Å². The minimum absolute atomic E-state index is 0. The Hall–Kier alpha value is -0.870. The van der Waals surface area contributed by atoms with E-state index in [0.717, 1.165) is 58.2 Å². The molecule has 1 saturated heterocycles. The molecule has 1 aromatic rings. The average molecular weight is 477 g/mol. The number of aromatic nitrogens is 2. The van der Waals surface area contributed by atoms with E-state index >= 15 is 0 Å². The summed E-state index contributed by atoms with van der Waals surface area (Å²) in [6.07, 6.45) is 4.85. The van der Waals surface area contributed by atoms with Crippen molar-refractivity contribution in [2.45, 2.75) is 39.8 Å². The number of nitrogens with zero attached hydrogens (tertiary/aromatic N) is 5.